The third-order valence-corrected chi connectivity index (χ3v) is 3.87. The van der Waals surface area contributed by atoms with Crippen molar-refractivity contribution in [1.82, 2.24) is 4.90 Å². The van der Waals surface area contributed by atoms with Crippen LogP contribution in [0.3, 0.4) is 0 Å². The average Bonchev–Trinajstić information content (AvgIpc) is 2.41. The molecule has 1 saturated heterocycles. The topological polar surface area (TPSA) is 55.6 Å². The second-order valence-electron chi connectivity index (χ2n) is 4.93. The van der Waals surface area contributed by atoms with Gasteiger partial charge in [0.1, 0.15) is 0 Å². The standard InChI is InChI=1S/C14H19ClN2O2/c1-9-11(4-3-5-12(9)15)14(18)17-6-7-19-13(8-17)10(2)16/h3-5,10,13H,6-8,16H2,1-2H3. The Morgan fingerprint density at radius 3 is 3.00 bits per heavy atom. The van der Waals surface area contributed by atoms with Crippen molar-refractivity contribution in [3.8, 4) is 0 Å². The molecule has 1 amide bonds. The molecule has 1 heterocycles. The van der Waals surface area contributed by atoms with Crippen LogP contribution in [-0.2, 0) is 4.74 Å². The van der Waals surface area contributed by atoms with E-state index in [4.69, 9.17) is 22.1 Å². The van der Waals surface area contributed by atoms with Gasteiger partial charge in [-0.2, -0.15) is 0 Å². The molecule has 1 aliphatic rings. The molecule has 4 nitrogen and oxygen atoms in total. The first-order valence-electron chi connectivity index (χ1n) is 6.42. The van der Waals surface area contributed by atoms with E-state index in [0.29, 0.717) is 30.3 Å². The van der Waals surface area contributed by atoms with Gasteiger partial charge in [0.15, 0.2) is 0 Å². The van der Waals surface area contributed by atoms with Crippen LogP contribution < -0.4 is 5.73 Å². The molecule has 0 spiro atoms. The summed E-state index contributed by atoms with van der Waals surface area (Å²) in [7, 11) is 0. The molecule has 19 heavy (non-hydrogen) atoms. The van der Waals surface area contributed by atoms with Crippen LogP contribution >= 0.6 is 11.6 Å². The Bertz CT molecular complexity index is 477. The summed E-state index contributed by atoms with van der Waals surface area (Å²) in [5.41, 5.74) is 7.31. The number of halogens is 1. The van der Waals surface area contributed by atoms with E-state index in [9.17, 15) is 4.79 Å². The zero-order chi connectivity index (χ0) is 14.0. The SMILES string of the molecule is Cc1c(Cl)cccc1C(=O)N1CCOC(C(C)N)C1. The fraction of sp³-hybridized carbons (Fsp3) is 0.500. The molecule has 1 aromatic rings. The van der Waals surface area contributed by atoms with Gasteiger partial charge in [0, 0.05) is 29.7 Å². The molecule has 1 aliphatic heterocycles. The predicted molar refractivity (Wildman–Crippen MR) is 75.5 cm³/mol. The smallest absolute Gasteiger partial charge is 0.254 e. The van der Waals surface area contributed by atoms with Crippen molar-refractivity contribution < 1.29 is 9.53 Å². The van der Waals surface area contributed by atoms with Crippen LogP contribution in [0.25, 0.3) is 0 Å². The van der Waals surface area contributed by atoms with Gasteiger partial charge in [-0.25, -0.2) is 0 Å². The molecule has 2 unspecified atom stereocenters. The average molecular weight is 283 g/mol. The zero-order valence-electron chi connectivity index (χ0n) is 11.2. The minimum Gasteiger partial charge on any atom is -0.373 e. The number of amides is 1. The molecule has 0 bridgehead atoms. The molecule has 2 N–H and O–H groups in total. The highest BCUT2D eigenvalue weighted by Crippen LogP contribution is 2.21. The summed E-state index contributed by atoms with van der Waals surface area (Å²) in [6, 6.07) is 5.31. The van der Waals surface area contributed by atoms with Gasteiger partial charge in [0.25, 0.3) is 5.91 Å². The van der Waals surface area contributed by atoms with Crippen LogP contribution in [0.4, 0.5) is 0 Å². The van der Waals surface area contributed by atoms with Gasteiger partial charge in [-0.15, -0.1) is 0 Å². The molecule has 2 atom stereocenters. The quantitative estimate of drug-likeness (QED) is 0.900. The number of ether oxygens (including phenoxy) is 1. The molecule has 1 fully saturated rings. The molecule has 2 rings (SSSR count). The summed E-state index contributed by atoms with van der Waals surface area (Å²) in [4.78, 5) is 14.3. The van der Waals surface area contributed by atoms with E-state index >= 15 is 0 Å². The molecule has 0 aliphatic carbocycles. The molecule has 1 aromatic carbocycles. The van der Waals surface area contributed by atoms with Gasteiger partial charge in [0.2, 0.25) is 0 Å². The van der Waals surface area contributed by atoms with E-state index in [1.165, 1.54) is 0 Å². The first-order chi connectivity index (χ1) is 9.00. The van der Waals surface area contributed by atoms with Crippen molar-refractivity contribution in [1.29, 1.82) is 0 Å². The molecular weight excluding hydrogens is 264 g/mol. The molecule has 0 radical (unpaired) electrons. The Morgan fingerprint density at radius 1 is 1.58 bits per heavy atom. The summed E-state index contributed by atoms with van der Waals surface area (Å²) in [6.07, 6.45) is -0.0998. The summed E-state index contributed by atoms with van der Waals surface area (Å²) >= 11 is 6.06. The summed E-state index contributed by atoms with van der Waals surface area (Å²) < 4.78 is 5.56. The lowest BCUT2D eigenvalue weighted by atomic mass is 10.1. The lowest BCUT2D eigenvalue weighted by Crippen LogP contribution is -2.51. The normalized spacial score (nSPS) is 21.3. The number of morpholine rings is 1. The predicted octanol–water partition coefficient (Wildman–Crippen LogP) is 1.84. The Balaban J connectivity index is 2.17. The number of nitrogens with zero attached hydrogens (tertiary/aromatic N) is 1. The lowest BCUT2D eigenvalue weighted by Gasteiger charge is -2.35. The van der Waals surface area contributed by atoms with E-state index < -0.39 is 0 Å². The number of carbonyl (C=O) groups is 1. The van der Waals surface area contributed by atoms with Gasteiger partial charge in [-0.05, 0) is 31.5 Å². The van der Waals surface area contributed by atoms with Gasteiger partial charge in [-0.3, -0.25) is 4.79 Å². The third-order valence-electron chi connectivity index (χ3n) is 3.47. The number of rotatable bonds is 2. The van der Waals surface area contributed by atoms with E-state index in [2.05, 4.69) is 0 Å². The number of carbonyl (C=O) groups excluding carboxylic acids is 1. The highest BCUT2D eigenvalue weighted by atomic mass is 35.5. The number of hydrogen-bond acceptors (Lipinski definition) is 3. The highest BCUT2D eigenvalue weighted by Gasteiger charge is 2.27. The van der Waals surface area contributed by atoms with Crippen molar-refractivity contribution >= 4 is 17.5 Å². The Morgan fingerprint density at radius 2 is 2.32 bits per heavy atom. The molecule has 104 valence electrons. The zero-order valence-corrected chi connectivity index (χ0v) is 12.0. The highest BCUT2D eigenvalue weighted by molar-refractivity contribution is 6.31. The summed E-state index contributed by atoms with van der Waals surface area (Å²) in [5.74, 6) is -0.00560. The van der Waals surface area contributed by atoms with Gasteiger partial charge < -0.3 is 15.4 Å². The monoisotopic (exact) mass is 282 g/mol. The van der Waals surface area contributed by atoms with Crippen LogP contribution in [0.2, 0.25) is 5.02 Å². The van der Waals surface area contributed by atoms with Crippen LogP contribution in [0, 0.1) is 6.92 Å². The Labute approximate surface area is 118 Å². The summed E-state index contributed by atoms with van der Waals surface area (Å²) in [6.45, 7) is 5.40. The maximum absolute atomic E-state index is 12.5. The Hall–Kier alpha value is -1.10. The van der Waals surface area contributed by atoms with Gasteiger partial charge in [-0.1, -0.05) is 17.7 Å². The van der Waals surface area contributed by atoms with E-state index in [-0.39, 0.29) is 18.1 Å². The van der Waals surface area contributed by atoms with Crippen molar-refractivity contribution in [3.05, 3.63) is 34.3 Å². The summed E-state index contributed by atoms with van der Waals surface area (Å²) in [5, 5.41) is 0.614. The lowest BCUT2D eigenvalue weighted by molar-refractivity contribution is -0.0300. The van der Waals surface area contributed by atoms with Crippen molar-refractivity contribution in [2.24, 2.45) is 5.73 Å². The third kappa shape index (κ3) is 3.08. The van der Waals surface area contributed by atoms with Crippen molar-refractivity contribution in [2.75, 3.05) is 19.7 Å². The second-order valence-corrected chi connectivity index (χ2v) is 5.34. The van der Waals surface area contributed by atoms with Crippen LogP contribution in [-0.4, -0.2) is 42.6 Å². The van der Waals surface area contributed by atoms with Crippen LogP contribution in [0.15, 0.2) is 18.2 Å². The van der Waals surface area contributed by atoms with Gasteiger partial charge in [0.05, 0.1) is 12.7 Å². The maximum Gasteiger partial charge on any atom is 0.254 e. The fourth-order valence-corrected chi connectivity index (χ4v) is 2.36. The molecule has 5 heteroatoms. The molecule has 0 saturated carbocycles. The number of hydrogen-bond donors (Lipinski definition) is 1. The number of benzene rings is 1. The second kappa shape index (κ2) is 5.90. The maximum atomic E-state index is 12.5. The Kier molecular flexibility index (Phi) is 4.45. The minimum atomic E-state index is -0.0998. The largest absolute Gasteiger partial charge is 0.373 e. The van der Waals surface area contributed by atoms with E-state index in [1.54, 1.807) is 23.1 Å². The van der Waals surface area contributed by atoms with E-state index in [1.807, 2.05) is 13.8 Å². The molecule has 0 aromatic heterocycles. The molecular formula is C14H19ClN2O2. The van der Waals surface area contributed by atoms with E-state index in [0.717, 1.165) is 5.56 Å². The number of nitrogens with two attached hydrogens (primary N) is 1. The van der Waals surface area contributed by atoms with Crippen molar-refractivity contribution in [2.45, 2.75) is 26.0 Å². The first kappa shape index (κ1) is 14.3. The van der Waals surface area contributed by atoms with Crippen LogP contribution in [0.5, 0.6) is 0 Å². The van der Waals surface area contributed by atoms with Crippen LogP contribution in [0.1, 0.15) is 22.8 Å². The minimum absolute atomic E-state index is 0.00560. The first-order valence-corrected chi connectivity index (χ1v) is 6.80. The van der Waals surface area contributed by atoms with Gasteiger partial charge >= 0.3 is 0 Å². The van der Waals surface area contributed by atoms with Crippen molar-refractivity contribution in [3.63, 3.8) is 0 Å². The fourth-order valence-electron chi connectivity index (χ4n) is 2.19.